The molecule has 0 spiro atoms. The van der Waals surface area contributed by atoms with Gasteiger partial charge in [0.25, 0.3) is 5.91 Å². The molecule has 6 nitrogen and oxygen atoms in total. The van der Waals surface area contributed by atoms with Crippen LogP contribution in [0.1, 0.15) is 40.9 Å². The standard InChI is InChI=1S/C21H24N2O4/c1-13-6-5-7-14(2)19(13)23-20(25)15(3)27-21(26)18-10-8-17(9-11-18)12-22-16(4)24/h5-11,15H,12H2,1-4H3,(H,22,24)(H,23,25). The lowest BCUT2D eigenvalue weighted by atomic mass is 10.1. The van der Waals surface area contributed by atoms with Crippen molar-refractivity contribution < 1.29 is 19.1 Å². The van der Waals surface area contributed by atoms with Crippen LogP contribution in [0.4, 0.5) is 5.69 Å². The van der Waals surface area contributed by atoms with Gasteiger partial charge in [-0.15, -0.1) is 0 Å². The van der Waals surface area contributed by atoms with Gasteiger partial charge in [-0.1, -0.05) is 30.3 Å². The lowest BCUT2D eigenvalue weighted by Gasteiger charge is -2.16. The average Bonchev–Trinajstić information content (AvgIpc) is 2.63. The lowest BCUT2D eigenvalue weighted by Crippen LogP contribution is -2.30. The van der Waals surface area contributed by atoms with Crippen LogP contribution in [0.3, 0.4) is 0 Å². The van der Waals surface area contributed by atoms with E-state index in [2.05, 4.69) is 10.6 Å². The van der Waals surface area contributed by atoms with Crippen molar-refractivity contribution in [3.63, 3.8) is 0 Å². The molecule has 2 aromatic rings. The first kappa shape index (κ1) is 20.2. The van der Waals surface area contributed by atoms with Crippen molar-refractivity contribution in [1.29, 1.82) is 0 Å². The van der Waals surface area contributed by atoms with Gasteiger partial charge in [-0.3, -0.25) is 9.59 Å². The summed E-state index contributed by atoms with van der Waals surface area (Å²) in [5.41, 5.74) is 3.82. The monoisotopic (exact) mass is 368 g/mol. The van der Waals surface area contributed by atoms with Gasteiger partial charge in [0.1, 0.15) is 0 Å². The van der Waals surface area contributed by atoms with Crippen LogP contribution in [0.2, 0.25) is 0 Å². The zero-order valence-electron chi connectivity index (χ0n) is 16.0. The van der Waals surface area contributed by atoms with Crippen molar-refractivity contribution in [3.8, 4) is 0 Å². The Balaban J connectivity index is 1.96. The van der Waals surface area contributed by atoms with E-state index < -0.39 is 12.1 Å². The number of hydrogen-bond donors (Lipinski definition) is 2. The molecule has 0 fully saturated rings. The van der Waals surface area contributed by atoms with E-state index >= 15 is 0 Å². The molecule has 1 atom stereocenters. The maximum absolute atomic E-state index is 12.4. The van der Waals surface area contributed by atoms with Gasteiger partial charge in [0.15, 0.2) is 6.10 Å². The molecule has 142 valence electrons. The summed E-state index contributed by atoms with van der Waals surface area (Å²) in [7, 11) is 0. The summed E-state index contributed by atoms with van der Waals surface area (Å²) in [6.45, 7) is 7.17. The normalized spacial score (nSPS) is 11.4. The minimum absolute atomic E-state index is 0.123. The second-order valence-corrected chi connectivity index (χ2v) is 6.41. The van der Waals surface area contributed by atoms with E-state index in [1.165, 1.54) is 13.8 Å². The predicted octanol–water partition coefficient (Wildman–Crippen LogP) is 3.12. The number of ether oxygens (including phenoxy) is 1. The van der Waals surface area contributed by atoms with Crippen LogP contribution in [0.15, 0.2) is 42.5 Å². The maximum atomic E-state index is 12.4. The molecule has 0 radical (unpaired) electrons. The van der Waals surface area contributed by atoms with Gasteiger partial charge in [-0.2, -0.15) is 0 Å². The SMILES string of the molecule is CC(=O)NCc1ccc(C(=O)OC(C)C(=O)Nc2c(C)cccc2C)cc1. The molecule has 0 aliphatic carbocycles. The van der Waals surface area contributed by atoms with Crippen LogP contribution in [0.25, 0.3) is 0 Å². The highest BCUT2D eigenvalue weighted by Crippen LogP contribution is 2.20. The number of rotatable bonds is 6. The van der Waals surface area contributed by atoms with Gasteiger partial charge < -0.3 is 15.4 Å². The number of carbonyl (C=O) groups is 3. The molecule has 0 aliphatic rings. The Hall–Kier alpha value is -3.15. The van der Waals surface area contributed by atoms with Gasteiger partial charge >= 0.3 is 5.97 Å². The van der Waals surface area contributed by atoms with E-state index in [0.29, 0.717) is 12.1 Å². The number of amides is 2. The van der Waals surface area contributed by atoms with E-state index in [4.69, 9.17) is 4.74 Å². The van der Waals surface area contributed by atoms with Crippen LogP contribution in [-0.2, 0) is 20.9 Å². The minimum atomic E-state index is -0.935. The quantitative estimate of drug-likeness (QED) is 0.767. The molecular formula is C21H24N2O4. The van der Waals surface area contributed by atoms with E-state index in [-0.39, 0.29) is 11.8 Å². The van der Waals surface area contributed by atoms with Crippen molar-refractivity contribution in [1.82, 2.24) is 5.32 Å². The molecule has 2 amide bonds. The van der Waals surface area contributed by atoms with E-state index in [1.807, 2.05) is 32.0 Å². The molecule has 0 heterocycles. The molecule has 27 heavy (non-hydrogen) atoms. The van der Waals surface area contributed by atoms with Gasteiger partial charge in [0, 0.05) is 19.2 Å². The topological polar surface area (TPSA) is 84.5 Å². The van der Waals surface area contributed by atoms with Crippen molar-refractivity contribution in [2.24, 2.45) is 0 Å². The fraction of sp³-hybridized carbons (Fsp3) is 0.286. The molecule has 0 saturated carbocycles. The second kappa shape index (κ2) is 8.98. The van der Waals surface area contributed by atoms with Gasteiger partial charge in [0.05, 0.1) is 5.56 Å². The first-order chi connectivity index (χ1) is 12.8. The predicted molar refractivity (Wildman–Crippen MR) is 103 cm³/mol. The van der Waals surface area contributed by atoms with Crippen LogP contribution in [-0.4, -0.2) is 23.9 Å². The molecule has 2 rings (SSSR count). The number of anilines is 1. The number of aryl methyl sites for hydroxylation is 2. The van der Waals surface area contributed by atoms with Crippen LogP contribution in [0, 0.1) is 13.8 Å². The Kier molecular flexibility index (Phi) is 6.71. The number of carbonyl (C=O) groups excluding carboxylic acids is 3. The number of nitrogens with one attached hydrogen (secondary N) is 2. The molecule has 0 saturated heterocycles. The molecule has 6 heteroatoms. The first-order valence-electron chi connectivity index (χ1n) is 8.69. The van der Waals surface area contributed by atoms with Crippen molar-refractivity contribution in [3.05, 3.63) is 64.7 Å². The van der Waals surface area contributed by atoms with E-state index in [9.17, 15) is 14.4 Å². The summed E-state index contributed by atoms with van der Waals surface area (Å²) in [6.07, 6.45) is -0.935. The van der Waals surface area contributed by atoms with E-state index in [1.54, 1.807) is 24.3 Å². The molecule has 0 aliphatic heterocycles. The summed E-state index contributed by atoms with van der Waals surface area (Å²) in [5, 5.41) is 5.50. The number of esters is 1. The van der Waals surface area contributed by atoms with Crippen LogP contribution in [0.5, 0.6) is 0 Å². The molecule has 1 unspecified atom stereocenters. The Morgan fingerprint density at radius 3 is 2.15 bits per heavy atom. The molecule has 2 N–H and O–H groups in total. The van der Waals surface area contributed by atoms with Crippen molar-refractivity contribution in [2.45, 2.75) is 40.3 Å². The first-order valence-corrected chi connectivity index (χ1v) is 8.69. The second-order valence-electron chi connectivity index (χ2n) is 6.41. The Morgan fingerprint density at radius 2 is 1.59 bits per heavy atom. The average molecular weight is 368 g/mol. The highest BCUT2D eigenvalue weighted by molar-refractivity contribution is 5.98. The lowest BCUT2D eigenvalue weighted by molar-refractivity contribution is -0.123. The van der Waals surface area contributed by atoms with Gasteiger partial charge in [0.2, 0.25) is 5.91 Å². The Bertz CT molecular complexity index is 824. The van der Waals surface area contributed by atoms with Crippen LogP contribution >= 0.6 is 0 Å². The number of para-hydroxylation sites is 1. The number of benzene rings is 2. The third-order valence-electron chi connectivity index (χ3n) is 4.11. The molecule has 2 aromatic carbocycles. The van der Waals surface area contributed by atoms with Crippen LogP contribution < -0.4 is 10.6 Å². The summed E-state index contributed by atoms with van der Waals surface area (Å²) in [4.78, 5) is 35.5. The maximum Gasteiger partial charge on any atom is 0.338 e. The molecule has 0 bridgehead atoms. The zero-order chi connectivity index (χ0) is 20.0. The molecular weight excluding hydrogens is 344 g/mol. The number of hydrogen-bond acceptors (Lipinski definition) is 4. The van der Waals surface area contributed by atoms with Gasteiger partial charge in [-0.05, 0) is 49.6 Å². The Morgan fingerprint density at radius 1 is 1.00 bits per heavy atom. The summed E-state index contributed by atoms with van der Waals surface area (Å²) >= 11 is 0. The zero-order valence-corrected chi connectivity index (χ0v) is 16.0. The Labute approximate surface area is 158 Å². The summed E-state index contributed by atoms with van der Waals surface area (Å²) in [6, 6.07) is 12.4. The highest BCUT2D eigenvalue weighted by atomic mass is 16.5. The third-order valence-corrected chi connectivity index (χ3v) is 4.11. The van der Waals surface area contributed by atoms with E-state index in [0.717, 1.165) is 22.4 Å². The van der Waals surface area contributed by atoms with Gasteiger partial charge in [-0.25, -0.2) is 4.79 Å². The van der Waals surface area contributed by atoms with Crippen molar-refractivity contribution >= 4 is 23.5 Å². The summed E-state index contributed by atoms with van der Waals surface area (Å²) in [5.74, 6) is -1.09. The largest absolute Gasteiger partial charge is 0.449 e. The smallest absolute Gasteiger partial charge is 0.338 e. The van der Waals surface area contributed by atoms with Crippen molar-refractivity contribution in [2.75, 3.05) is 5.32 Å². The highest BCUT2D eigenvalue weighted by Gasteiger charge is 2.20. The third kappa shape index (κ3) is 5.67. The fourth-order valence-corrected chi connectivity index (χ4v) is 2.50. The summed E-state index contributed by atoms with van der Waals surface area (Å²) < 4.78 is 5.27. The molecule has 0 aromatic heterocycles. The minimum Gasteiger partial charge on any atom is -0.449 e. The fourth-order valence-electron chi connectivity index (χ4n) is 2.50.